The Morgan fingerprint density at radius 3 is 2.94 bits per heavy atom. The van der Waals surface area contributed by atoms with Crippen molar-refractivity contribution in [3.05, 3.63) is 29.8 Å². The molecule has 4 nitrogen and oxygen atoms in total. The van der Waals surface area contributed by atoms with E-state index in [-0.39, 0.29) is 12.5 Å². The molecule has 0 saturated heterocycles. The van der Waals surface area contributed by atoms with Crippen molar-refractivity contribution in [3.8, 4) is 5.75 Å². The Hall–Kier alpha value is -1.55. The summed E-state index contributed by atoms with van der Waals surface area (Å²) in [5.41, 5.74) is 1.14. The number of hydrogen-bond acceptors (Lipinski definition) is 3. The Morgan fingerprint density at radius 1 is 1.44 bits per heavy atom. The maximum absolute atomic E-state index is 11.2. The zero-order chi connectivity index (χ0) is 11.8. The molecule has 0 atom stereocenters. The first-order valence-electron chi connectivity index (χ1n) is 5.39. The van der Waals surface area contributed by atoms with Crippen LogP contribution in [0.15, 0.2) is 24.3 Å². The van der Waals surface area contributed by atoms with Crippen LogP contribution in [0.3, 0.4) is 0 Å². The molecule has 1 amide bonds. The van der Waals surface area contributed by atoms with Crippen LogP contribution in [-0.2, 0) is 11.3 Å². The highest BCUT2D eigenvalue weighted by Gasteiger charge is 2.01. The van der Waals surface area contributed by atoms with Crippen molar-refractivity contribution in [1.82, 2.24) is 10.6 Å². The van der Waals surface area contributed by atoms with E-state index >= 15 is 0 Å². The first-order valence-corrected chi connectivity index (χ1v) is 5.39. The summed E-state index contributed by atoms with van der Waals surface area (Å²) in [6.07, 6.45) is 0. The lowest BCUT2D eigenvalue weighted by atomic mass is 10.2. The monoisotopic (exact) mass is 222 g/mol. The van der Waals surface area contributed by atoms with Crippen LogP contribution in [0.1, 0.15) is 12.5 Å². The van der Waals surface area contributed by atoms with Crippen LogP contribution in [0.25, 0.3) is 0 Å². The summed E-state index contributed by atoms with van der Waals surface area (Å²) in [5, 5.41) is 5.74. The van der Waals surface area contributed by atoms with Gasteiger partial charge in [-0.05, 0) is 31.7 Å². The fourth-order valence-corrected chi connectivity index (χ4v) is 1.35. The molecule has 4 heteroatoms. The molecule has 1 aromatic carbocycles. The summed E-state index contributed by atoms with van der Waals surface area (Å²) < 4.78 is 5.37. The van der Waals surface area contributed by atoms with Gasteiger partial charge in [-0.25, -0.2) is 0 Å². The van der Waals surface area contributed by atoms with Gasteiger partial charge in [0.15, 0.2) is 6.61 Å². The van der Waals surface area contributed by atoms with E-state index in [0.717, 1.165) is 17.9 Å². The molecule has 0 heterocycles. The molecule has 0 aliphatic rings. The number of hydrogen-bond donors (Lipinski definition) is 2. The van der Waals surface area contributed by atoms with E-state index in [0.29, 0.717) is 6.54 Å². The van der Waals surface area contributed by atoms with Crippen LogP contribution < -0.4 is 15.4 Å². The molecule has 16 heavy (non-hydrogen) atoms. The van der Waals surface area contributed by atoms with Gasteiger partial charge in [-0.15, -0.1) is 0 Å². The second-order valence-corrected chi connectivity index (χ2v) is 3.42. The van der Waals surface area contributed by atoms with Crippen molar-refractivity contribution in [2.24, 2.45) is 0 Å². The zero-order valence-electron chi connectivity index (χ0n) is 9.75. The highest BCUT2D eigenvalue weighted by atomic mass is 16.5. The molecule has 0 aliphatic heterocycles. The van der Waals surface area contributed by atoms with Crippen LogP contribution in [0, 0.1) is 0 Å². The molecular formula is C12H18N2O2. The first-order chi connectivity index (χ1) is 7.76. The van der Waals surface area contributed by atoms with Crippen molar-refractivity contribution in [2.75, 3.05) is 20.2 Å². The van der Waals surface area contributed by atoms with E-state index < -0.39 is 0 Å². The average Bonchev–Trinajstić information content (AvgIpc) is 2.28. The Bertz CT molecular complexity index is 340. The molecule has 0 spiro atoms. The molecule has 88 valence electrons. The van der Waals surface area contributed by atoms with Gasteiger partial charge in [-0.1, -0.05) is 12.1 Å². The number of nitrogens with one attached hydrogen (secondary N) is 2. The third kappa shape index (κ3) is 4.31. The van der Waals surface area contributed by atoms with E-state index in [1.54, 1.807) is 0 Å². The Balaban J connectivity index is 2.47. The van der Waals surface area contributed by atoms with Crippen LogP contribution in [0.4, 0.5) is 0 Å². The van der Waals surface area contributed by atoms with Gasteiger partial charge in [0.25, 0.3) is 5.91 Å². The highest BCUT2D eigenvalue weighted by Crippen LogP contribution is 2.12. The number of likely N-dealkylation sites (N-methyl/N-ethyl adjacent to an activating group) is 1. The quantitative estimate of drug-likeness (QED) is 0.752. The summed E-state index contributed by atoms with van der Waals surface area (Å²) in [7, 11) is 1.89. The second-order valence-electron chi connectivity index (χ2n) is 3.42. The van der Waals surface area contributed by atoms with Gasteiger partial charge < -0.3 is 15.4 Å². The SMILES string of the molecule is CCNC(=O)COc1cccc(CNC)c1. The summed E-state index contributed by atoms with van der Waals surface area (Å²) in [5.74, 6) is 0.625. The van der Waals surface area contributed by atoms with Crippen LogP contribution in [0.2, 0.25) is 0 Å². The lowest BCUT2D eigenvalue weighted by Gasteiger charge is -2.07. The molecule has 0 bridgehead atoms. The first kappa shape index (κ1) is 12.5. The van der Waals surface area contributed by atoms with Crippen molar-refractivity contribution in [2.45, 2.75) is 13.5 Å². The minimum Gasteiger partial charge on any atom is -0.484 e. The van der Waals surface area contributed by atoms with Crippen molar-refractivity contribution in [1.29, 1.82) is 0 Å². The summed E-state index contributed by atoms with van der Waals surface area (Å²) >= 11 is 0. The van der Waals surface area contributed by atoms with E-state index in [2.05, 4.69) is 10.6 Å². The number of carbonyl (C=O) groups is 1. The van der Waals surface area contributed by atoms with Crippen molar-refractivity contribution in [3.63, 3.8) is 0 Å². The molecular weight excluding hydrogens is 204 g/mol. The third-order valence-corrected chi connectivity index (χ3v) is 2.02. The number of benzene rings is 1. The topological polar surface area (TPSA) is 50.4 Å². The maximum Gasteiger partial charge on any atom is 0.257 e. The van der Waals surface area contributed by atoms with Gasteiger partial charge in [0.2, 0.25) is 0 Å². The van der Waals surface area contributed by atoms with Crippen LogP contribution >= 0.6 is 0 Å². The highest BCUT2D eigenvalue weighted by molar-refractivity contribution is 5.77. The largest absolute Gasteiger partial charge is 0.484 e. The molecule has 0 aliphatic carbocycles. The van der Waals surface area contributed by atoms with Crippen molar-refractivity contribution >= 4 is 5.91 Å². The molecule has 0 saturated carbocycles. The van der Waals surface area contributed by atoms with E-state index in [1.807, 2.05) is 38.2 Å². The molecule has 0 aromatic heterocycles. The fourth-order valence-electron chi connectivity index (χ4n) is 1.35. The van der Waals surface area contributed by atoms with E-state index in [4.69, 9.17) is 4.74 Å². The fraction of sp³-hybridized carbons (Fsp3) is 0.417. The van der Waals surface area contributed by atoms with Crippen LogP contribution in [0.5, 0.6) is 5.75 Å². The number of amides is 1. The lowest BCUT2D eigenvalue weighted by Crippen LogP contribution is -2.28. The molecule has 0 radical (unpaired) electrons. The Labute approximate surface area is 96.0 Å². The molecule has 1 aromatic rings. The second kappa shape index (κ2) is 6.85. The third-order valence-electron chi connectivity index (χ3n) is 2.02. The summed E-state index contributed by atoms with van der Waals surface area (Å²) in [4.78, 5) is 11.2. The standard InChI is InChI=1S/C12H18N2O2/c1-3-14-12(15)9-16-11-6-4-5-10(7-11)8-13-2/h4-7,13H,3,8-9H2,1-2H3,(H,14,15). The van der Waals surface area contributed by atoms with E-state index in [1.165, 1.54) is 0 Å². The molecule has 2 N–H and O–H groups in total. The van der Waals surface area contributed by atoms with Gasteiger partial charge in [-0.2, -0.15) is 0 Å². The van der Waals surface area contributed by atoms with Gasteiger partial charge in [0.05, 0.1) is 0 Å². The van der Waals surface area contributed by atoms with Gasteiger partial charge in [-0.3, -0.25) is 4.79 Å². The normalized spacial score (nSPS) is 9.88. The molecule has 1 rings (SSSR count). The molecule has 0 unspecified atom stereocenters. The number of ether oxygens (including phenoxy) is 1. The van der Waals surface area contributed by atoms with Crippen LogP contribution in [-0.4, -0.2) is 26.1 Å². The van der Waals surface area contributed by atoms with Crippen molar-refractivity contribution < 1.29 is 9.53 Å². The van der Waals surface area contributed by atoms with Gasteiger partial charge >= 0.3 is 0 Å². The minimum absolute atomic E-state index is 0.0663. The van der Waals surface area contributed by atoms with Gasteiger partial charge in [0, 0.05) is 13.1 Å². The smallest absolute Gasteiger partial charge is 0.257 e. The lowest BCUT2D eigenvalue weighted by molar-refractivity contribution is -0.122. The predicted octanol–water partition coefficient (Wildman–Crippen LogP) is 0.921. The van der Waals surface area contributed by atoms with E-state index in [9.17, 15) is 4.79 Å². The summed E-state index contributed by atoms with van der Waals surface area (Å²) in [6.45, 7) is 3.36. The maximum atomic E-state index is 11.2. The predicted molar refractivity (Wildman–Crippen MR) is 63.4 cm³/mol. The zero-order valence-corrected chi connectivity index (χ0v) is 9.75. The average molecular weight is 222 g/mol. The number of rotatable bonds is 6. The minimum atomic E-state index is -0.0958. The summed E-state index contributed by atoms with van der Waals surface area (Å²) in [6, 6.07) is 7.70. The Kier molecular flexibility index (Phi) is 5.36. The molecule has 0 fully saturated rings. The van der Waals surface area contributed by atoms with Gasteiger partial charge in [0.1, 0.15) is 5.75 Å². The Morgan fingerprint density at radius 2 is 2.25 bits per heavy atom. The number of carbonyl (C=O) groups excluding carboxylic acids is 1.